The molecule has 5 nitrogen and oxygen atoms in total. The van der Waals surface area contributed by atoms with Crippen LogP contribution in [0.3, 0.4) is 0 Å². The molecule has 0 aliphatic carbocycles. The number of aromatic nitrogens is 2. The zero-order valence-corrected chi connectivity index (χ0v) is 12.8. The first kappa shape index (κ1) is 14.6. The van der Waals surface area contributed by atoms with Gasteiger partial charge in [0.15, 0.2) is 0 Å². The van der Waals surface area contributed by atoms with E-state index in [9.17, 15) is 8.42 Å². The number of aryl methyl sites for hydroxylation is 1. The summed E-state index contributed by atoms with van der Waals surface area (Å²) in [6, 6.07) is 15.8. The molecule has 0 atom stereocenters. The van der Waals surface area contributed by atoms with Crippen LogP contribution in [-0.2, 0) is 16.6 Å². The SMILES string of the molecule is Cc1nc2ccccc2nc1CNS(=O)(=O)c1ccccc1. The first-order valence-electron chi connectivity index (χ1n) is 6.83. The Morgan fingerprint density at radius 3 is 2.18 bits per heavy atom. The van der Waals surface area contributed by atoms with Crippen molar-refractivity contribution in [2.24, 2.45) is 0 Å². The number of rotatable bonds is 4. The van der Waals surface area contributed by atoms with Crippen molar-refractivity contribution in [2.75, 3.05) is 0 Å². The number of benzene rings is 2. The zero-order chi connectivity index (χ0) is 15.6. The third kappa shape index (κ3) is 2.98. The highest BCUT2D eigenvalue weighted by Crippen LogP contribution is 2.13. The molecule has 0 amide bonds. The molecule has 0 saturated carbocycles. The van der Waals surface area contributed by atoms with Crippen LogP contribution in [0.2, 0.25) is 0 Å². The molecule has 112 valence electrons. The molecular weight excluding hydrogens is 298 g/mol. The number of hydrogen-bond donors (Lipinski definition) is 1. The zero-order valence-electron chi connectivity index (χ0n) is 12.0. The fraction of sp³-hybridized carbons (Fsp3) is 0.125. The third-order valence-corrected chi connectivity index (χ3v) is 4.74. The van der Waals surface area contributed by atoms with Gasteiger partial charge in [0, 0.05) is 0 Å². The quantitative estimate of drug-likeness (QED) is 0.803. The Kier molecular flexibility index (Phi) is 3.87. The van der Waals surface area contributed by atoms with Crippen molar-refractivity contribution in [2.45, 2.75) is 18.4 Å². The van der Waals surface area contributed by atoms with Crippen LogP contribution < -0.4 is 4.72 Å². The Labute approximate surface area is 129 Å². The molecule has 0 aliphatic heterocycles. The van der Waals surface area contributed by atoms with Crippen LogP contribution in [0.5, 0.6) is 0 Å². The van der Waals surface area contributed by atoms with Crippen molar-refractivity contribution in [3.8, 4) is 0 Å². The first-order chi connectivity index (χ1) is 10.6. The third-order valence-electron chi connectivity index (χ3n) is 3.33. The van der Waals surface area contributed by atoms with Gasteiger partial charge < -0.3 is 0 Å². The second kappa shape index (κ2) is 5.82. The molecule has 1 N–H and O–H groups in total. The second-order valence-corrected chi connectivity index (χ2v) is 6.65. The molecule has 1 aromatic heterocycles. The summed E-state index contributed by atoms with van der Waals surface area (Å²) in [7, 11) is -3.55. The summed E-state index contributed by atoms with van der Waals surface area (Å²) in [6.07, 6.45) is 0. The predicted molar refractivity (Wildman–Crippen MR) is 84.7 cm³/mol. The lowest BCUT2D eigenvalue weighted by molar-refractivity contribution is 0.580. The molecule has 22 heavy (non-hydrogen) atoms. The van der Waals surface area contributed by atoms with Gasteiger partial charge in [-0.1, -0.05) is 30.3 Å². The molecule has 2 aromatic carbocycles. The lowest BCUT2D eigenvalue weighted by Crippen LogP contribution is -2.24. The molecule has 0 spiro atoms. The summed E-state index contributed by atoms with van der Waals surface area (Å²) >= 11 is 0. The topological polar surface area (TPSA) is 72.0 Å². The predicted octanol–water partition coefficient (Wildman–Crippen LogP) is 2.42. The fourth-order valence-corrected chi connectivity index (χ4v) is 3.15. The molecule has 0 aliphatic rings. The first-order valence-corrected chi connectivity index (χ1v) is 8.31. The fourth-order valence-electron chi connectivity index (χ4n) is 2.14. The lowest BCUT2D eigenvalue weighted by Gasteiger charge is -2.09. The Bertz CT molecular complexity index is 909. The molecule has 1 heterocycles. The van der Waals surface area contributed by atoms with Gasteiger partial charge in [-0.3, -0.25) is 0 Å². The molecule has 6 heteroatoms. The van der Waals surface area contributed by atoms with Crippen molar-refractivity contribution in [1.29, 1.82) is 0 Å². The average molecular weight is 313 g/mol. The molecule has 0 saturated heterocycles. The van der Waals surface area contributed by atoms with Gasteiger partial charge >= 0.3 is 0 Å². The number of fused-ring (bicyclic) bond motifs is 1. The van der Waals surface area contributed by atoms with E-state index in [0.717, 1.165) is 16.7 Å². The van der Waals surface area contributed by atoms with Crippen molar-refractivity contribution in [3.05, 3.63) is 66.0 Å². The van der Waals surface area contributed by atoms with Crippen molar-refractivity contribution < 1.29 is 8.42 Å². The Hall–Kier alpha value is -2.31. The van der Waals surface area contributed by atoms with Gasteiger partial charge in [-0.2, -0.15) is 0 Å². The normalized spacial score (nSPS) is 11.7. The minimum absolute atomic E-state index is 0.112. The van der Waals surface area contributed by atoms with E-state index >= 15 is 0 Å². The highest BCUT2D eigenvalue weighted by molar-refractivity contribution is 7.89. The Morgan fingerprint density at radius 1 is 0.909 bits per heavy atom. The number of sulfonamides is 1. The molecule has 3 rings (SSSR count). The molecule has 0 fully saturated rings. The van der Waals surface area contributed by atoms with E-state index in [1.807, 2.05) is 31.2 Å². The van der Waals surface area contributed by atoms with Gasteiger partial charge in [0.05, 0.1) is 33.9 Å². The molecule has 0 radical (unpaired) electrons. The van der Waals surface area contributed by atoms with Crippen LogP contribution in [0.25, 0.3) is 11.0 Å². The highest BCUT2D eigenvalue weighted by atomic mass is 32.2. The van der Waals surface area contributed by atoms with E-state index in [1.54, 1.807) is 30.3 Å². The van der Waals surface area contributed by atoms with Crippen LogP contribution in [-0.4, -0.2) is 18.4 Å². The summed E-state index contributed by atoms with van der Waals surface area (Å²) < 4.78 is 27.0. The number of nitrogens with one attached hydrogen (secondary N) is 1. The number of para-hydroxylation sites is 2. The van der Waals surface area contributed by atoms with E-state index in [4.69, 9.17) is 0 Å². The largest absolute Gasteiger partial charge is 0.250 e. The average Bonchev–Trinajstić information content (AvgIpc) is 2.54. The van der Waals surface area contributed by atoms with Gasteiger partial charge in [-0.15, -0.1) is 0 Å². The molecule has 3 aromatic rings. The van der Waals surface area contributed by atoms with Crippen LogP contribution in [0.1, 0.15) is 11.4 Å². The van der Waals surface area contributed by atoms with Crippen molar-refractivity contribution in [1.82, 2.24) is 14.7 Å². The van der Waals surface area contributed by atoms with Crippen LogP contribution in [0, 0.1) is 6.92 Å². The van der Waals surface area contributed by atoms with Crippen LogP contribution >= 0.6 is 0 Å². The van der Waals surface area contributed by atoms with Crippen molar-refractivity contribution >= 4 is 21.1 Å². The molecule has 0 unspecified atom stereocenters. The maximum Gasteiger partial charge on any atom is 0.240 e. The van der Waals surface area contributed by atoms with E-state index in [0.29, 0.717) is 5.69 Å². The standard InChI is InChI=1S/C16H15N3O2S/c1-12-16(19-15-10-6-5-9-14(15)18-12)11-17-22(20,21)13-7-3-2-4-8-13/h2-10,17H,11H2,1H3. The van der Waals surface area contributed by atoms with E-state index in [-0.39, 0.29) is 11.4 Å². The highest BCUT2D eigenvalue weighted by Gasteiger charge is 2.14. The van der Waals surface area contributed by atoms with Gasteiger partial charge in [0.2, 0.25) is 10.0 Å². The summed E-state index contributed by atoms with van der Waals surface area (Å²) in [4.78, 5) is 9.17. The summed E-state index contributed by atoms with van der Waals surface area (Å²) in [5.41, 5.74) is 2.89. The smallest absolute Gasteiger partial charge is 0.240 e. The van der Waals surface area contributed by atoms with Gasteiger partial charge in [0.25, 0.3) is 0 Å². The monoisotopic (exact) mass is 313 g/mol. The number of nitrogens with zero attached hydrogens (tertiary/aromatic N) is 2. The Balaban J connectivity index is 1.86. The minimum Gasteiger partial charge on any atom is -0.250 e. The lowest BCUT2D eigenvalue weighted by atomic mass is 10.2. The van der Waals surface area contributed by atoms with E-state index in [2.05, 4.69) is 14.7 Å². The summed E-state index contributed by atoms with van der Waals surface area (Å²) in [5, 5.41) is 0. The minimum atomic E-state index is -3.55. The van der Waals surface area contributed by atoms with Gasteiger partial charge in [0.1, 0.15) is 0 Å². The summed E-state index contributed by atoms with van der Waals surface area (Å²) in [5.74, 6) is 0. The molecule has 0 bridgehead atoms. The number of hydrogen-bond acceptors (Lipinski definition) is 4. The Morgan fingerprint density at radius 2 is 1.50 bits per heavy atom. The van der Waals surface area contributed by atoms with E-state index < -0.39 is 10.0 Å². The van der Waals surface area contributed by atoms with Crippen LogP contribution in [0.4, 0.5) is 0 Å². The van der Waals surface area contributed by atoms with Crippen LogP contribution in [0.15, 0.2) is 59.5 Å². The summed E-state index contributed by atoms with van der Waals surface area (Å²) in [6.45, 7) is 1.94. The second-order valence-electron chi connectivity index (χ2n) is 4.88. The maximum absolute atomic E-state index is 12.2. The van der Waals surface area contributed by atoms with E-state index in [1.165, 1.54) is 0 Å². The van der Waals surface area contributed by atoms with Crippen molar-refractivity contribution in [3.63, 3.8) is 0 Å². The molecular formula is C16H15N3O2S. The van der Waals surface area contributed by atoms with Gasteiger partial charge in [-0.05, 0) is 31.2 Å². The van der Waals surface area contributed by atoms with Gasteiger partial charge in [-0.25, -0.2) is 23.1 Å². The maximum atomic E-state index is 12.2.